The normalized spacial score (nSPS) is 14.4. The molecule has 0 spiro atoms. The van der Waals surface area contributed by atoms with E-state index in [1.165, 1.54) is 0 Å². The van der Waals surface area contributed by atoms with E-state index in [1.54, 1.807) is 19.1 Å². The van der Waals surface area contributed by atoms with Crippen molar-refractivity contribution in [3.05, 3.63) is 63.6 Å². The van der Waals surface area contributed by atoms with Crippen molar-refractivity contribution in [1.82, 2.24) is 19.9 Å². The lowest BCUT2D eigenvalue weighted by Gasteiger charge is -2.35. The number of aryl methyl sites for hydroxylation is 3. The number of carbonyl (C=O) groups excluding carboxylic acids is 1. The van der Waals surface area contributed by atoms with E-state index in [-0.39, 0.29) is 35.2 Å². The van der Waals surface area contributed by atoms with Gasteiger partial charge in [-0.25, -0.2) is 14.4 Å². The van der Waals surface area contributed by atoms with Crippen LogP contribution in [0.4, 0.5) is 10.2 Å². The third-order valence-electron chi connectivity index (χ3n) is 5.49. The summed E-state index contributed by atoms with van der Waals surface area (Å²) >= 11 is 0. The van der Waals surface area contributed by atoms with Gasteiger partial charge in [0.1, 0.15) is 17.2 Å². The molecular weight excluding hydrogens is 385 g/mol. The predicted octanol–water partition coefficient (Wildman–Crippen LogP) is 2.36. The van der Waals surface area contributed by atoms with Crippen LogP contribution in [-0.2, 0) is 11.2 Å². The zero-order chi connectivity index (χ0) is 21.3. The molecule has 1 N–H and O–H groups in total. The van der Waals surface area contributed by atoms with E-state index < -0.39 is 5.82 Å². The Bertz CT molecular complexity index is 1130. The number of hydrogen-bond donors (Lipinski definition) is 1. The van der Waals surface area contributed by atoms with E-state index in [0.717, 1.165) is 24.5 Å². The van der Waals surface area contributed by atoms with Gasteiger partial charge in [-0.15, -0.1) is 0 Å². The van der Waals surface area contributed by atoms with Crippen molar-refractivity contribution in [2.24, 2.45) is 0 Å². The van der Waals surface area contributed by atoms with Gasteiger partial charge in [-0.05, 0) is 37.1 Å². The second-order valence-corrected chi connectivity index (χ2v) is 7.67. The van der Waals surface area contributed by atoms with Crippen molar-refractivity contribution in [3.63, 3.8) is 0 Å². The van der Waals surface area contributed by atoms with E-state index in [2.05, 4.69) is 19.9 Å². The van der Waals surface area contributed by atoms with Crippen LogP contribution in [0.3, 0.4) is 0 Å². The highest BCUT2D eigenvalue weighted by atomic mass is 19.1. The number of nitrogens with zero attached hydrogens (tertiary/aromatic N) is 4. The van der Waals surface area contributed by atoms with Gasteiger partial charge >= 0.3 is 0 Å². The predicted molar refractivity (Wildman–Crippen MR) is 113 cm³/mol. The summed E-state index contributed by atoms with van der Waals surface area (Å²) in [5.74, 6) is 0.752. The molecule has 1 amide bonds. The number of piperazine rings is 1. The molecule has 1 aromatic carbocycles. The number of benzene rings is 1. The number of pyridine rings is 1. The lowest BCUT2D eigenvalue weighted by atomic mass is 10.1. The summed E-state index contributed by atoms with van der Waals surface area (Å²) < 4.78 is 14.3. The number of H-pyrrole nitrogens is 1. The van der Waals surface area contributed by atoms with Crippen LogP contribution in [0.15, 0.2) is 35.3 Å². The Morgan fingerprint density at radius 3 is 2.60 bits per heavy atom. The highest BCUT2D eigenvalue weighted by Crippen LogP contribution is 2.17. The quantitative estimate of drug-likeness (QED) is 0.715. The highest BCUT2D eigenvalue weighted by Gasteiger charge is 2.22. The zero-order valence-electron chi connectivity index (χ0n) is 17.1. The number of aromatic amines is 1. The van der Waals surface area contributed by atoms with E-state index in [9.17, 15) is 14.0 Å². The first-order valence-corrected chi connectivity index (χ1v) is 10.1. The van der Waals surface area contributed by atoms with Crippen molar-refractivity contribution < 1.29 is 9.18 Å². The van der Waals surface area contributed by atoms with E-state index in [1.807, 2.05) is 30.2 Å². The first-order valence-electron chi connectivity index (χ1n) is 10.1. The standard InChI is InChI=1S/C22H24FN5O2/c1-14-3-7-18(24-13-14)27-9-11-28(12-10-27)19(29)8-6-17-25-21-16(22(30)26-17)5-4-15(2)20(21)23/h3-5,7,13H,6,8-12H2,1-2H3,(H,25,26,30). The molecule has 8 heteroatoms. The van der Waals surface area contributed by atoms with Crippen LogP contribution in [0.2, 0.25) is 0 Å². The number of hydrogen-bond acceptors (Lipinski definition) is 5. The second kappa shape index (κ2) is 8.22. The molecule has 1 saturated heterocycles. The Labute approximate surface area is 173 Å². The average Bonchev–Trinajstić information content (AvgIpc) is 2.75. The zero-order valence-corrected chi connectivity index (χ0v) is 17.1. The smallest absolute Gasteiger partial charge is 0.258 e. The first kappa shape index (κ1) is 20.0. The van der Waals surface area contributed by atoms with E-state index in [0.29, 0.717) is 24.5 Å². The number of halogens is 1. The molecule has 0 atom stereocenters. The maximum Gasteiger partial charge on any atom is 0.258 e. The maximum atomic E-state index is 14.3. The molecule has 3 heterocycles. The van der Waals surface area contributed by atoms with Crippen LogP contribution < -0.4 is 10.5 Å². The Kier molecular flexibility index (Phi) is 5.48. The van der Waals surface area contributed by atoms with Crippen molar-refractivity contribution in [2.45, 2.75) is 26.7 Å². The summed E-state index contributed by atoms with van der Waals surface area (Å²) in [5.41, 5.74) is 1.22. The lowest BCUT2D eigenvalue weighted by molar-refractivity contribution is -0.131. The third kappa shape index (κ3) is 4.03. The van der Waals surface area contributed by atoms with Gasteiger partial charge in [-0.1, -0.05) is 12.1 Å². The van der Waals surface area contributed by atoms with Crippen LogP contribution >= 0.6 is 0 Å². The molecule has 0 saturated carbocycles. The molecule has 7 nitrogen and oxygen atoms in total. The lowest BCUT2D eigenvalue weighted by Crippen LogP contribution is -2.49. The van der Waals surface area contributed by atoms with Gasteiger partial charge in [-0.2, -0.15) is 0 Å². The number of anilines is 1. The first-order chi connectivity index (χ1) is 14.4. The van der Waals surface area contributed by atoms with Gasteiger partial charge in [-0.3, -0.25) is 9.59 Å². The van der Waals surface area contributed by atoms with Crippen LogP contribution in [-0.4, -0.2) is 51.9 Å². The van der Waals surface area contributed by atoms with Gasteiger partial charge in [0, 0.05) is 45.2 Å². The summed E-state index contributed by atoms with van der Waals surface area (Å²) in [7, 11) is 0. The van der Waals surface area contributed by atoms with Crippen molar-refractivity contribution in [2.75, 3.05) is 31.1 Å². The molecule has 3 aromatic rings. The molecule has 1 aliphatic rings. The maximum absolute atomic E-state index is 14.3. The molecule has 2 aromatic heterocycles. The molecule has 0 bridgehead atoms. The SMILES string of the molecule is Cc1ccc(N2CCN(C(=O)CCc3nc4c(F)c(C)ccc4c(=O)[nH]3)CC2)nc1. The minimum Gasteiger partial charge on any atom is -0.353 e. The molecular formula is C22H24FN5O2. The summed E-state index contributed by atoms with van der Waals surface area (Å²) in [6.45, 7) is 6.30. The van der Waals surface area contributed by atoms with Gasteiger partial charge in [0.2, 0.25) is 5.91 Å². The van der Waals surface area contributed by atoms with Gasteiger partial charge in [0.25, 0.3) is 5.56 Å². The van der Waals surface area contributed by atoms with Gasteiger partial charge < -0.3 is 14.8 Å². The fourth-order valence-corrected chi connectivity index (χ4v) is 3.65. The number of nitrogens with one attached hydrogen (secondary N) is 1. The average molecular weight is 409 g/mol. The van der Waals surface area contributed by atoms with Crippen LogP contribution in [0, 0.1) is 19.7 Å². The largest absolute Gasteiger partial charge is 0.353 e. The fraction of sp³-hybridized carbons (Fsp3) is 0.364. The van der Waals surface area contributed by atoms with E-state index >= 15 is 0 Å². The fourth-order valence-electron chi connectivity index (χ4n) is 3.65. The Hall–Kier alpha value is -3.29. The van der Waals surface area contributed by atoms with Gasteiger partial charge in [0.05, 0.1) is 5.39 Å². The molecule has 0 radical (unpaired) electrons. The third-order valence-corrected chi connectivity index (χ3v) is 5.49. The molecule has 0 aliphatic carbocycles. The van der Waals surface area contributed by atoms with Crippen LogP contribution in [0.1, 0.15) is 23.4 Å². The molecule has 30 heavy (non-hydrogen) atoms. The van der Waals surface area contributed by atoms with Gasteiger partial charge in [0.15, 0.2) is 5.82 Å². The topological polar surface area (TPSA) is 82.2 Å². The number of amides is 1. The highest BCUT2D eigenvalue weighted by molar-refractivity contribution is 5.79. The molecule has 0 unspecified atom stereocenters. The minimum atomic E-state index is -0.494. The molecule has 4 rings (SSSR count). The van der Waals surface area contributed by atoms with Crippen molar-refractivity contribution >= 4 is 22.6 Å². The minimum absolute atomic E-state index is 0.000949. The summed E-state index contributed by atoms with van der Waals surface area (Å²) in [6.07, 6.45) is 2.32. The van der Waals surface area contributed by atoms with Crippen LogP contribution in [0.5, 0.6) is 0 Å². The Morgan fingerprint density at radius 1 is 1.13 bits per heavy atom. The molecule has 1 fully saturated rings. The molecule has 156 valence electrons. The summed E-state index contributed by atoms with van der Waals surface area (Å²) in [6, 6.07) is 7.15. The number of rotatable bonds is 4. The number of carbonyl (C=O) groups is 1. The monoisotopic (exact) mass is 409 g/mol. The Morgan fingerprint density at radius 2 is 1.90 bits per heavy atom. The molecule has 1 aliphatic heterocycles. The van der Waals surface area contributed by atoms with Crippen molar-refractivity contribution in [3.8, 4) is 0 Å². The number of aromatic nitrogens is 3. The summed E-state index contributed by atoms with van der Waals surface area (Å²) in [4.78, 5) is 40.2. The van der Waals surface area contributed by atoms with E-state index in [4.69, 9.17) is 0 Å². The summed E-state index contributed by atoms with van der Waals surface area (Å²) in [5, 5.41) is 0.217. The van der Waals surface area contributed by atoms with Crippen molar-refractivity contribution in [1.29, 1.82) is 0 Å². The van der Waals surface area contributed by atoms with Crippen LogP contribution in [0.25, 0.3) is 10.9 Å². The number of fused-ring (bicyclic) bond motifs is 1. The Balaban J connectivity index is 1.38. The second-order valence-electron chi connectivity index (χ2n) is 7.67.